The van der Waals surface area contributed by atoms with Gasteiger partial charge in [-0.2, -0.15) is 0 Å². The summed E-state index contributed by atoms with van der Waals surface area (Å²) in [4.78, 5) is 31.1. The van der Waals surface area contributed by atoms with Crippen LogP contribution in [0, 0.1) is 0 Å². The maximum Gasteiger partial charge on any atom is 0.326 e. The summed E-state index contributed by atoms with van der Waals surface area (Å²) in [6.45, 7) is 3.26. The van der Waals surface area contributed by atoms with Gasteiger partial charge in [-0.15, -0.1) is 0 Å². The van der Waals surface area contributed by atoms with E-state index in [0.717, 1.165) is 25.9 Å². The van der Waals surface area contributed by atoms with Gasteiger partial charge < -0.3 is 14.9 Å². The van der Waals surface area contributed by atoms with Gasteiger partial charge in [-0.3, -0.25) is 4.79 Å². The first-order valence-corrected chi connectivity index (χ1v) is 6.72. The van der Waals surface area contributed by atoms with Gasteiger partial charge in [0.2, 0.25) is 0 Å². The molecule has 0 aliphatic carbocycles. The van der Waals surface area contributed by atoms with E-state index in [1.165, 1.54) is 18.9 Å². The first-order chi connectivity index (χ1) is 9.52. The van der Waals surface area contributed by atoms with E-state index < -0.39 is 12.0 Å². The van der Waals surface area contributed by atoms with Crippen LogP contribution in [0.25, 0.3) is 0 Å². The lowest BCUT2D eigenvalue weighted by Crippen LogP contribution is -2.41. The van der Waals surface area contributed by atoms with Crippen molar-refractivity contribution in [2.45, 2.75) is 25.8 Å². The number of amides is 1. The highest BCUT2D eigenvalue weighted by Gasteiger charge is 2.27. The van der Waals surface area contributed by atoms with Gasteiger partial charge in [-0.25, -0.2) is 9.78 Å². The molecule has 1 aliphatic rings. The third-order valence-corrected chi connectivity index (χ3v) is 3.68. The maximum atomic E-state index is 12.5. The molecule has 1 aromatic heterocycles. The quantitative estimate of drug-likeness (QED) is 0.896. The zero-order valence-electron chi connectivity index (χ0n) is 11.7. The fourth-order valence-electron chi connectivity index (χ4n) is 2.28. The molecule has 1 fully saturated rings. The highest BCUT2D eigenvalue weighted by Crippen LogP contribution is 2.23. The number of aliphatic carboxylic acids is 1. The van der Waals surface area contributed by atoms with Crippen molar-refractivity contribution in [1.82, 2.24) is 9.88 Å². The topological polar surface area (TPSA) is 73.7 Å². The normalized spacial score (nSPS) is 16.0. The molecular weight excluding hydrogens is 258 g/mol. The standard InChI is InChI=1S/C14H19N3O3/c1-10(14(19)20)16(2)13(18)11-6-5-7-15-12(11)17-8-3-4-9-17/h5-7,10H,3-4,8-9H2,1-2H3,(H,19,20). The summed E-state index contributed by atoms with van der Waals surface area (Å²) in [5.41, 5.74) is 0.463. The van der Waals surface area contributed by atoms with Crippen molar-refractivity contribution < 1.29 is 14.7 Å². The Morgan fingerprint density at radius 3 is 2.65 bits per heavy atom. The number of carboxylic acids is 1. The van der Waals surface area contributed by atoms with E-state index in [1.807, 2.05) is 0 Å². The fourth-order valence-corrected chi connectivity index (χ4v) is 2.28. The minimum absolute atomic E-state index is 0.310. The van der Waals surface area contributed by atoms with E-state index in [-0.39, 0.29) is 5.91 Å². The van der Waals surface area contributed by atoms with E-state index in [2.05, 4.69) is 9.88 Å². The molecule has 2 heterocycles. The summed E-state index contributed by atoms with van der Waals surface area (Å²) in [6, 6.07) is 2.54. The predicted octanol–water partition coefficient (Wildman–Crippen LogP) is 1.23. The lowest BCUT2D eigenvalue weighted by molar-refractivity contribution is -0.141. The molecule has 6 nitrogen and oxygen atoms in total. The van der Waals surface area contributed by atoms with Crippen LogP contribution in [0.2, 0.25) is 0 Å². The number of aromatic nitrogens is 1. The number of likely N-dealkylation sites (N-methyl/N-ethyl adjacent to an activating group) is 1. The van der Waals surface area contributed by atoms with Gasteiger partial charge in [-0.1, -0.05) is 0 Å². The van der Waals surface area contributed by atoms with Crippen LogP contribution in [-0.2, 0) is 4.79 Å². The average molecular weight is 277 g/mol. The molecular formula is C14H19N3O3. The van der Waals surface area contributed by atoms with Crippen LogP contribution < -0.4 is 4.90 Å². The molecule has 20 heavy (non-hydrogen) atoms. The van der Waals surface area contributed by atoms with Crippen LogP contribution in [-0.4, -0.2) is 53.0 Å². The first kappa shape index (κ1) is 14.3. The minimum Gasteiger partial charge on any atom is -0.480 e. The van der Waals surface area contributed by atoms with E-state index in [1.54, 1.807) is 18.3 Å². The molecule has 1 aliphatic heterocycles. The van der Waals surface area contributed by atoms with Gasteiger partial charge in [0.15, 0.2) is 0 Å². The van der Waals surface area contributed by atoms with Crippen LogP contribution in [0.5, 0.6) is 0 Å². The Morgan fingerprint density at radius 1 is 1.40 bits per heavy atom. The molecule has 6 heteroatoms. The van der Waals surface area contributed by atoms with E-state index in [9.17, 15) is 9.59 Å². The van der Waals surface area contributed by atoms with Crippen molar-refractivity contribution in [3.63, 3.8) is 0 Å². The van der Waals surface area contributed by atoms with E-state index >= 15 is 0 Å². The summed E-state index contributed by atoms with van der Waals surface area (Å²) in [5, 5.41) is 9.01. The first-order valence-electron chi connectivity index (χ1n) is 6.72. The monoisotopic (exact) mass is 277 g/mol. The number of carbonyl (C=O) groups is 2. The second-order valence-corrected chi connectivity index (χ2v) is 5.00. The Kier molecular flexibility index (Phi) is 4.22. The summed E-state index contributed by atoms with van der Waals surface area (Å²) >= 11 is 0. The van der Waals surface area contributed by atoms with Gasteiger partial charge >= 0.3 is 5.97 Å². The molecule has 1 atom stereocenters. The third-order valence-electron chi connectivity index (χ3n) is 3.68. The molecule has 0 spiro atoms. The zero-order valence-corrected chi connectivity index (χ0v) is 11.7. The smallest absolute Gasteiger partial charge is 0.326 e. The van der Waals surface area contributed by atoms with Crippen molar-refractivity contribution in [1.29, 1.82) is 0 Å². The number of anilines is 1. The molecule has 0 bridgehead atoms. The second-order valence-electron chi connectivity index (χ2n) is 5.00. The third kappa shape index (κ3) is 2.74. The molecule has 2 rings (SSSR count). The van der Waals surface area contributed by atoms with Crippen LogP contribution in [0.4, 0.5) is 5.82 Å². The molecule has 1 aromatic rings. The van der Waals surface area contributed by atoms with E-state index in [4.69, 9.17) is 5.11 Å². The Morgan fingerprint density at radius 2 is 2.05 bits per heavy atom. The highest BCUT2D eigenvalue weighted by atomic mass is 16.4. The molecule has 0 radical (unpaired) electrons. The molecule has 1 N–H and O–H groups in total. The summed E-state index contributed by atoms with van der Waals surface area (Å²) in [6.07, 6.45) is 3.84. The van der Waals surface area contributed by atoms with Crippen molar-refractivity contribution in [3.8, 4) is 0 Å². The zero-order chi connectivity index (χ0) is 14.7. The SMILES string of the molecule is CC(C(=O)O)N(C)C(=O)c1cccnc1N1CCCC1. The maximum absolute atomic E-state index is 12.5. The molecule has 0 saturated carbocycles. The van der Waals surface area contributed by atoms with Gasteiger partial charge in [0.1, 0.15) is 11.9 Å². The summed E-state index contributed by atoms with van der Waals surface area (Å²) in [5.74, 6) is -0.679. The number of pyridine rings is 1. The molecule has 1 amide bonds. The van der Waals surface area contributed by atoms with Gasteiger partial charge in [0.05, 0.1) is 5.56 Å². The number of hydrogen-bond donors (Lipinski definition) is 1. The number of carbonyl (C=O) groups excluding carboxylic acids is 1. The Balaban J connectivity index is 2.27. The largest absolute Gasteiger partial charge is 0.480 e. The van der Waals surface area contributed by atoms with E-state index in [0.29, 0.717) is 11.4 Å². The summed E-state index contributed by atoms with van der Waals surface area (Å²) in [7, 11) is 1.50. The number of nitrogens with zero attached hydrogens (tertiary/aromatic N) is 3. The molecule has 108 valence electrons. The van der Waals surface area contributed by atoms with Crippen LogP contribution in [0.1, 0.15) is 30.1 Å². The Bertz CT molecular complexity index is 512. The van der Waals surface area contributed by atoms with Crippen LogP contribution in [0.15, 0.2) is 18.3 Å². The van der Waals surface area contributed by atoms with Gasteiger partial charge in [0.25, 0.3) is 5.91 Å². The Hall–Kier alpha value is -2.11. The highest BCUT2D eigenvalue weighted by molar-refractivity contribution is 6.00. The minimum atomic E-state index is -1.02. The molecule has 0 aromatic carbocycles. The predicted molar refractivity (Wildman–Crippen MR) is 74.9 cm³/mol. The number of rotatable bonds is 4. The van der Waals surface area contributed by atoms with Crippen molar-refractivity contribution in [3.05, 3.63) is 23.9 Å². The van der Waals surface area contributed by atoms with Crippen molar-refractivity contribution >= 4 is 17.7 Å². The lowest BCUT2D eigenvalue weighted by Gasteiger charge is -2.25. The second kappa shape index (κ2) is 5.90. The average Bonchev–Trinajstić information content (AvgIpc) is 2.98. The van der Waals surface area contributed by atoms with Crippen LogP contribution in [0.3, 0.4) is 0 Å². The summed E-state index contributed by atoms with van der Waals surface area (Å²) < 4.78 is 0. The molecule has 1 unspecified atom stereocenters. The fraction of sp³-hybridized carbons (Fsp3) is 0.500. The Labute approximate surface area is 118 Å². The lowest BCUT2D eigenvalue weighted by atomic mass is 10.2. The van der Waals surface area contributed by atoms with Gasteiger partial charge in [-0.05, 0) is 31.9 Å². The van der Waals surface area contributed by atoms with Gasteiger partial charge in [0, 0.05) is 26.3 Å². The van der Waals surface area contributed by atoms with Crippen molar-refractivity contribution in [2.75, 3.05) is 25.0 Å². The van der Waals surface area contributed by atoms with Crippen molar-refractivity contribution in [2.24, 2.45) is 0 Å². The number of hydrogen-bond acceptors (Lipinski definition) is 4. The van der Waals surface area contributed by atoms with Crippen LogP contribution >= 0.6 is 0 Å². The number of carboxylic acid groups (broad SMARTS) is 1. The molecule has 1 saturated heterocycles.